The number of carbonyl (C=O) groups is 1. The van der Waals surface area contributed by atoms with E-state index in [4.69, 9.17) is 4.74 Å². The maximum Gasteiger partial charge on any atom is 0.164 e. The van der Waals surface area contributed by atoms with Crippen molar-refractivity contribution in [2.75, 3.05) is 18.5 Å². The molecule has 0 aliphatic rings. The van der Waals surface area contributed by atoms with Crippen LogP contribution in [0.2, 0.25) is 0 Å². The van der Waals surface area contributed by atoms with Crippen LogP contribution in [0.25, 0.3) is 0 Å². The number of nitrogens with zero attached hydrogens (tertiary/aromatic N) is 1. The van der Waals surface area contributed by atoms with E-state index in [0.29, 0.717) is 18.7 Å². The number of hydrogen-bond acceptors (Lipinski definition) is 5. The summed E-state index contributed by atoms with van der Waals surface area (Å²) < 4.78 is 9.80. The monoisotopic (exact) mass is 256 g/mol. The maximum atomic E-state index is 11.5. The molecule has 0 aliphatic carbocycles. The van der Waals surface area contributed by atoms with Gasteiger partial charge >= 0.3 is 0 Å². The van der Waals surface area contributed by atoms with Gasteiger partial charge < -0.3 is 10.1 Å². The summed E-state index contributed by atoms with van der Waals surface area (Å²) in [4.78, 5) is 11.5. The van der Waals surface area contributed by atoms with Crippen molar-refractivity contribution in [3.63, 3.8) is 0 Å². The standard InChI is InChI=1S/C12H20N2O2S/c1-6-16-12(4,5)7-13-11-10(9(3)15)8(2)14-17-11/h13H,6-7H2,1-5H3. The number of aryl methyl sites for hydroxylation is 1. The lowest BCUT2D eigenvalue weighted by Gasteiger charge is -2.25. The number of nitrogens with one attached hydrogen (secondary N) is 1. The van der Waals surface area contributed by atoms with Crippen LogP contribution in [-0.4, -0.2) is 28.9 Å². The molecule has 1 rings (SSSR count). The fourth-order valence-electron chi connectivity index (χ4n) is 1.64. The Morgan fingerprint density at radius 1 is 1.53 bits per heavy atom. The van der Waals surface area contributed by atoms with Gasteiger partial charge in [0.1, 0.15) is 5.00 Å². The minimum atomic E-state index is -0.249. The molecule has 0 atom stereocenters. The van der Waals surface area contributed by atoms with Crippen molar-refractivity contribution in [2.45, 2.75) is 40.2 Å². The van der Waals surface area contributed by atoms with E-state index in [1.54, 1.807) is 6.92 Å². The highest BCUT2D eigenvalue weighted by molar-refractivity contribution is 7.10. The fraction of sp³-hybridized carbons (Fsp3) is 0.667. The first-order valence-corrected chi connectivity index (χ1v) is 6.49. The Labute approximate surface area is 107 Å². The van der Waals surface area contributed by atoms with Gasteiger partial charge in [0, 0.05) is 13.2 Å². The lowest BCUT2D eigenvalue weighted by atomic mass is 10.1. The van der Waals surface area contributed by atoms with Crippen molar-refractivity contribution in [3.8, 4) is 0 Å². The first kappa shape index (κ1) is 14.1. The van der Waals surface area contributed by atoms with Gasteiger partial charge in [0.15, 0.2) is 5.78 Å². The minimum Gasteiger partial charge on any atom is -0.374 e. The molecule has 0 bridgehead atoms. The molecule has 0 radical (unpaired) electrons. The third-order valence-electron chi connectivity index (χ3n) is 2.42. The molecule has 1 aromatic heterocycles. The smallest absolute Gasteiger partial charge is 0.164 e. The molecule has 4 nitrogen and oxygen atoms in total. The Kier molecular flexibility index (Phi) is 4.65. The quantitative estimate of drug-likeness (QED) is 0.795. The molecule has 17 heavy (non-hydrogen) atoms. The molecule has 0 saturated carbocycles. The number of ether oxygens (including phenoxy) is 1. The zero-order valence-electron chi connectivity index (χ0n) is 11.1. The Hall–Kier alpha value is -0.940. The van der Waals surface area contributed by atoms with Crippen LogP contribution in [0, 0.1) is 6.92 Å². The molecule has 0 spiro atoms. The summed E-state index contributed by atoms with van der Waals surface area (Å²) in [6.07, 6.45) is 0. The molecule has 0 unspecified atom stereocenters. The number of Topliss-reactive ketones (excluding diaryl/α,β-unsaturated/α-hetero) is 1. The van der Waals surface area contributed by atoms with Crippen molar-refractivity contribution in [1.82, 2.24) is 4.37 Å². The fourth-order valence-corrected chi connectivity index (χ4v) is 2.48. The van der Waals surface area contributed by atoms with Crippen molar-refractivity contribution in [1.29, 1.82) is 0 Å². The molecule has 5 heteroatoms. The maximum absolute atomic E-state index is 11.5. The van der Waals surface area contributed by atoms with Crippen molar-refractivity contribution in [2.24, 2.45) is 0 Å². The topological polar surface area (TPSA) is 51.2 Å². The average molecular weight is 256 g/mol. The normalized spacial score (nSPS) is 11.6. The van der Waals surface area contributed by atoms with E-state index in [1.807, 2.05) is 27.7 Å². The van der Waals surface area contributed by atoms with E-state index in [2.05, 4.69) is 9.69 Å². The number of carbonyl (C=O) groups excluding carboxylic acids is 1. The summed E-state index contributed by atoms with van der Waals surface area (Å²) in [7, 11) is 0. The van der Waals surface area contributed by atoms with E-state index in [1.165, 1.54) is 11.5 Å². The highest BCUT2D eigenvalue weighted by Gasteiger charge is 2.20. The van der Waals surface area contributed by atoms with Crippen LogP contribution >= 0.6 is 11.5 Å². The van der Waals surface area contributed by atoms with Crippen LogP contribution in [0.5, 0.6) is 0 Å². The summed E-state index contributed by atoms with van der Waals surface area (Å²) in [6.45, 7) is 10.8. The molecular formula is C12H20N2O2S. The SMILES string of the molecule is CCOC(C)(C)CNc1snc(C)c1C(C)=O. The number of anilines is 1. The van der Waals surface area contributed by atoms with Gasteiger partial charge in [0.25, 0.3) is 0 Å². The first-order chi connectivity index (χ1) is 7.87. The highest BCUT2D eigenvalue weighted by Crippen LogP contribution is 2.25. The van der Waals surface area contributed by atoms with Crippen LogP contribution in [0.15, 0.2) is 0 Å². The van der Waals surface area contributed by atoms with E-state index in [-0.39, 0.29) is 11.4 Å². The lowest BCUT2D eigenvalue weighted by molar-refractivity contribution is 0.000728. The zero-order chi connectivity index (χ0) is 13.1. The molecule has 1 heterocycles. The molecule has 1 aromatic rings. The van der Waals surface area contributed by atoms with Crippen LogP contribution in [0.4, 0.5) is 5.00 Å². The number of ketones is 1. The van der Waals surface area contributed by atoms with Crippen molar-refractivity contribution < 1.29 is 9.53 Å². The minimum absolute atomic E-state index is 0.0490. The zero-order valence-corrected chi connectivity index (χ0v) is 11.9. The van der Waals surface area contributed by atoms with E-state index < -0.39 is 0 Å². The van der Waals surface area contributed by atoms with Crippen molar-refractivity contribution >= 4 is 22.3 Å². The van der Waals surface area contributed by atoms with E-state index >= 15 is 0 Å². The average Bonchev–Trinajstić information content (AvgIpc) is 2.57. The Bertz CT molecular complexity index is 399. The summed E-state index contributed by atoms with van der Waals surface area (Å²) in [5, 5.41) is 4.09. The van der Waals surface area contributed by atoms with Gasteiger partial charge in [-0.2, -0.15) is 4.37 Å². The number of hydrogen-bond donors (Lipinski definition) is 1. The molecule has 0 aliphatic heterocycles. The molecule has 0 saturated heterocycles. The van der Waals surface area contributed by atoms with Gasteiger partial charge in [-0.1, -0.05) is 0 Å². The summed E-state index contributed by atoms with van der Waals surface area (Å²) >= 11 is 1.33. The third-order valence-corrected chi connectivity index (χ3v) is 3.32. The van der Waals surface area contributed by atoms with Gasteiger partial charge in [-0.15, -0.1) is 0 Å². The Morgan fingerprint density at radius 2 is 2.18 bits per heavy atom. The van der Waals surface area contributed by atoms with Gasteiger partial charge in [0.2, 0.25) is 0 Å². The second kappa shape index (κ2) is 5.60. The highest BCUT2D eigenvalue weighted by atomic mass is 32.1. The van der Waals surface area contributed by atoms with Gasteiger partial charge in [-0.05, 0) is 46.2 Å². The van der Waals surface area contributed by atoms with Crippen LogP contribution < -0.4 is 5.32 Å². The Morgan fingerprint density at radius 3 is 2.71 bits per heavy atom. The van der Waals surface area contributed by atoms with Crippen LogP contribution in [0.1, 0.15) is 43.7 Å². The van der Waals surface area contributed by atoms with Gasteiger partial charge in [0.05, 0.1) is 16.9 Å². The molecule has 96 valence electrons. The summed E-state index contributed by atoms with van der Waals surface area (Å²) in [5.74, 6) is 0.0490. The predicted molar refractivity (Wildman–Crippen MR) is 71.1 cm³/mol. The molecular weight excluding hydrogens is 236 g/mol. The molecule has 0 fully saturated rings. The second-order valence-corrected chi connectivity index (χ2v) is 5.35. The molecule has 0 amide bonds. The van der Waals surface area contributed by atoms with Gasteiger partial charge in [-0.3, -0.25) is 4.79 Å². The largest absolute Gasteiger partial charge is 0.374 e. The number of rotatable bonds is 6. The third kappa shape index (κ3) is 3.78. The molecule has 0 aromatic carbocycles. The van der Waals surface area contributed by atoms with Crippen molar-refractivity contribution in [3.05, 3.63) is 11.3 Å². The lowest BCUT2D eigenvalue weighted by Crippen LogP contribution is -2.33. The second-order valence-electron chi connectivity index (χ2n) is 4.57. The summed E-state index contributed by atoms with van der Waals surface area (Å²) in [6, 6.07) is 0. The van der Waals surface area contributed by atoms with Gasteiger partial charge in [-0.25, -0.2) is 0 Å². The van der Waals surface area contributed by atoms with E-state index in [0.717, 1.165) is 10.7 Å². The van der Waals surface area contributed by atoms with Crippen LogP contribution in [-0.2, 0) is 4.74 Å². The van der Waals surface area contributed by atoms with E-state index in [9.17, 15) is 4.79 Å². The van der Waals surface area contributed by atoms with Crippen LogP contribution in [0.3, 0.4) is 0 Å². The Balaban J connectivity index is 2.73. The first-order valence-electron chi connectivity index (χ1n) is 5.72. The number of aromatic nitrogens is 1. The molecule has 1 N–H and O–H groups in total. The summed E-state index contributed by atoms with van der Waals surface area (Å²) in [5.41, 5.74) is 1.24. The predicted octanol–water partition coefficient (Wildman–Crippen LogP) is 2.88.